The maximum absolute atomic E-state index is 12.8. The van der Waals surface area contributed by atoms with Crippen LogP contribution in [0.2, 0.25) is 0 Å². The van der Waals surface area contributed by atoms with Crippen molar-refractivity contribution in [3.8, 4) is 0 Å². The number of carbonyl (C=O) groups is 2. The molecule has 0 aliphatic carbocycles. The van der Waals surface area contributed by atoms with Gasteiger partial charge in [-0.2, -0.15) is 0 Å². The predicted octanol–water partition coefficient (Wildman–Crippen LogP) is 1.19. The lowest BCUT2D eigenvalue weighted by Crippen LogP contribution is -2.45. The molecule has 1 fully saturated rings. The third-order valence-corrected chi connectivity index (χ3v) is 6.06. The van der Waals surface area contributed by atoms with Crippen LogP contribution in [0, 0.1) is 11.8 Å². The van der Waals surface area contributed by atoms with Crippen LogP contribution in [0.5, 0.6) is 0 Å². The van der Waals surface area contributed by atoms with Crippen LogP contribution in [-0.2, 0) is 21.2 Å². The van der Waals surface area contributed by atoms with Crippen molar-refractivity contribution >= 4 is 27.6 Å². The molecule has 0 spiro atoms. The average molecular weight is 366 g/mol. The van der Waals surface area contributed by atoms with Gasteiger partial charge in [0.2, 0.25) is 10.0 Å². The number of benzene rings is 1. The average Bonchev–Trinajstić information content (AvgIpc) is 2.96. The molecule has 8 heteroatoms. The number of carbonyl (C=O) groups excluding carboxylic acids is 1. The van der Waals surface area contributed by atoms with Crippen molar-refractivity contribution in [1.82, 2.24) is 4.90 Å². The molecular formula is C17H22N2O5S. The number of nitrogens with zero attached hydrogens (tertiary/aromatic N) is 2. The summed E-state index contributed by atoms with van der Waals surface area (Å²) < 4.78 is 24.9. The second-order valence-electron chi connectivity index (χ2n) is 7.01. The molecule has 1 aromatic carbocycles. The summed E-state index contributed by atoms with van der Waals surface area (Å²) in [7, 11) is -3.32. The van der Waals surface area contributed by atoms with Crippen LogP contribution in [-0.4, -0.2) is 56.2 Å². The van der Waals surface area contributed by atoms with Crippen molar-refractivity contribution in [3.63, 3.8) is 0 Å². The van der Waals surface area contributed by atoms with E-state index in [1.807, 2.05) is 6.92 Å². The molecule has 1 saturated heterocycles. The first kappa shape index (κ1) is 17.7. The molecule has 3 rings (SSSR count). The van der Waals surface area contributed by atoms with Gasteiger partial charge >= 0.3 is 5.97 Å². The van der Waals surface area contributed by atoms with E-state index in [0.29, 0.717) is 37.2 Å². The van der Waals surface area contributed by atoms with Crippen molar-refractivity contribution in [2.45, 2.75) is 19.8 Å². The maximum Gasteiger partial charge on any atom is 0.308 e. The molecule has 1 aromatic rings. The summed E-state index contributed by atoms with van der Waals surface area (Å²) in [6.45, 7) is 3.08. The third-order valence-electron chi connectivity index (χ3n) is 4.88. The van der Waals surface area contributed by atoms with E-state index in [1.165, 1.54) is 10.6 Å². The summed E-state index contributed by atoms with van der Waals surface area (Å²) in [5, 5.41) is 9.26. The highest BCUT2D eigenvalue weighted by molar-refractivity contribution is 7.92. The molecule has 136 valence electrons. The minimum absolute atomic E-state index is 0.133. The quantitative estimate of drug-likeness (QED) is 0.867. The van der Waals surface area contributed by atoms with Crippen LogP contribution in [0.25, 0.3) is 0 Å². The predicted molar refractivity (Wildman–Crippen MR) is 93.1 cm³/mol. The van der Waals surface area contributed by atoms with E-state index in [-0.39, 0.29) is 18.4 Å². The zero-order chi connectivity index (χ0) is 18.4. The fourth-order valence-electron chi connectivity index (χ4n) is 3.73. The fourth-order valence-corrected chi connectivity index (χ4v) is 4.69. The van der Waals surface area contributed by atoms with Crippen LogP contribution in [0.4, 0.5) is 5.69 Å². The van der Waals surface area contributed by atoms with Crippen LogP contribution in [0.15, 0.2) is 18.2 Å². The highest BCUT2D eigenvalue weighted by Crippen LogP contribution is 2.31. The summed E-state index contributed by atoms with van der Waals surface area (Å²) >= 11 is 0. The summed E-state index contributed by atoms with van der Waals surface area (Å²) in [5.74, 6) is -1.47. The molecule has 0 saturated carbocycles. The van der Waals surface area contributed by atoms with Gasteiger partial charge in [-0.1, -0.05) is 6.92 Å². The zero-order valence-corrected chi connectivity index (χ0v) is 15.1. The van der Waals surface area contributed by atoms with Crippen LogP contribution in [0.1, 0.15) is 29.3 Å². The van der Waals surface area contributed by atoms with Crippen molar-refractivity contribution in [3.05, 3.63) is 29.3 Å². The number of amides is 1. The molecule has 2 aliphatic heterocycles. The number of carboxylic acid groups (broad SMARTS) is 1. The zero-order valence-electron chi connectivity index (χ0n) is 14.3. The summed E-state index contributed by atoms with van der Waals surface area (Å²) in [5.41, 5.74) is 1.93. The Labute approximate surface area is 147 Å². The van der Waals surface area contributed by atoms with Crippen LogP contribution < -0.4 is 4.31 Å². The second kappa shape index (κ2) is 6.33. The Morgan fingerprint density at radius 3 is 2.60 bits per heavy atom. The van der Waals surface area contributed by atoms with Crippen molar-refractivity contribution in [2.75, 3.05) is 30.2 Å². The van der Waals surface area contributed by atoms with Crippen LogP contribution >= 0.6 is 0 Å². The van der Waals surface area contributed by atoms with Crippen molar-refractivity contribution in [2.24, 2.45) is 11.8 Å². The molecule has 2 unspecified atom stereocenters. The number of hydrogen-bond donors (Lipinski definition) is 1. The number of likely N-dealkylation sites (tertiary alicyclic amines) is 1. The lowest BCUT2D eigenvalue weighted by Gasteiger charge is -2.34. The van der Waals surface area contributed by atoms with Gasteiger partial charge in [-0.25, -0.2) is 8.42 Å². The third kappa shape index (κ3) is 3.49. The van der Waals surface area contributed by atoms with Crippen molar-refractivity contribution in [1.29, 1.82) is 0 Å². The molecule has 25 heavy (non-hydrogen) atoms. The number of anilines is 1. The van der Waals surface area contributed by atoms with Gasteiger partial charge in [0, 0.05) is 25.2 Å². The van der Waals surface area contributed by atoms with Gasteiger partial charge in [-0.05, 0) is 42.5 Å². The minimum Gasteiger partial charge on any atom is -0.481 e. The lowest BCUT2D eigenvalue weighted by molar-refractivity contribution is -0.143. The van der Waals surface area contributed by atoms with E-state index >= 15 is 0 Å². The lowest BCUT2D eigenvalue weighted by atomic mass is 9.90. The van der Waals surface area contributed by atoms with E-state index < -0.39 is 21.9 Å². The van der Waals surface area contributed by atoms with E-state index in [9.17, 15) is 23.1 Å². The van der Waals surface area contributed by atoms with Crippen molar-refractivity contribution < 1.29 is 23.1 Å². The molecule has 1 amide bonds. The van der Waals surface area contributed by atoms with E-state index in [4.69, 9.17) is 0 Å². The molecule has 2 atom stereocenters. The number of hydrogen-bond acceptors (Lipinski definition) is 4. The van der Waals surface area contributed by atoms with Gasteiger partial charge in [0.05, 0.1) is 17.9 Å². The first-order chi connectivity index (χ1) is 11.7. The van der Waals surface area contributed by atoms with E-state index in [1.54, 1.807) is 23.1 Å². The van der Waals surface area contributed by atoms with E-state index in [0.717, 1.165) is 5.56 Å². The highest BCUT2D eigenvalue weighted by atomic mass is 32.2. The van der Waals surface area contributed by atoms with Gasteiger partial charge in [-0.3, -0.25) is 13.9 Å². The summed E-state index contributed by atoms with van der Waals surface area (Å²) in [6.07, 6.45) is 2.31. The fraction of sp³-hybridized carbons (Fsp3) is 0.529. The standard InChI is InChI=1S/C17H22N2O5S/c1-11-7-14(17(21)22)10-18(9-11)16(20)13-3-4-15-12(8-13)5-6-19(15)25(2,23)24/h3-4,8,11,14H,5-7,9-10H2,1-2H3,(H,21,22). The van der Waals surface area contributed by atoms with E-state index in [2.05, 4.69) is 0 Å². The maximum atomic E-state index is 12.8. The molecular weight excluding hydrogens is 344 g/mol. The van der Waals surface area contributed by atoms with Gasteiger partial charge in [0.1, 0.15) is 0 Å². The number of aliphatic carboxylic acids is 1. The monoisotopic (exact) mass is 366 g/mol. The number of piperidine rings is 1. The summed E-state index contributed by atoms with van der Waals surface area (Å²) in [4.78, 5) is 25.7. The number of sulfonamides is 1. The van der Waals surface area contributed by atoms with Gasteiger partial charge in [0.25, 0.3) is 5.91 Å². The Balaban J connectivity index is 1.83. The molecule has 0 aromatic heterocycles. The van der Waals surface area contributed by atoms with Gasteiger partial charge in [0.15, 0.2) is 0 Å². The number of carboxylic acids is 1. The Hall–Kier alpha value is -2.09. The second-order valence-corrected chi connectivity index (χ2v) is 8.92. The molecule has 0 radical (unpaired) electrons. The first-order valence-electron chi connectivity index (χ1n) is 8.29. The molecule has 1 N–H and O–H groups in total. The molecule has 2 aliphatic rings. The normalized spacial score (nSPS) is 23.4. The van der Waals surface area contributed by atoms with Crippen LogP contribution in [0.3, 0.4) is 0 Å². The SMILES string of the molecule is CC1CC(C(=O)O)CN(C(=O)c2ccc3c(c2)CCN3S(C)(=O)=O)C1. The smallest absolute Gasteiger partial charge is 0.308 e. The molecule has 2 heterocycles. The molecule has 0 bridgehead atoms. The number of fused-ring (bicyclic) bond motifs is 1. The summed E-state index contributed by atoms with van der Waals surface area (Å²) in [6, 6.07) is 5.02. The van der Waals surface area contributed by atoms with Gasteiger partial charge < -0.3 is 10.0 Å². The van der Waals surface area contributed by atoms with Gasteiger partial charge in [-0.15, -0.1) is 0 Å². The number of rotatable bonds is 3. The first-order valence-corrected chi connectivity index (χ1v) is 10.1. The Kier molecular flexibility index (Phi) is 4.49. The largest absolute Gasteiger partial charge is 0.481 e. The topological polar surface area (TPSA) is 95.0 Å². The Morgan fingerprint density at radius 2 is 1.96 bits per heavy atom. The highest BCUT2D eigenvalue weighted by Gasteiger charge is 2.33. The minimum atomic E-state index is -3.32. The molecule has 7 nitrogen and oxygen atoms in total. The Morgan fingerprint density at radius 1 is 1.24 bits per heavy atom. The Bertz CT molecular complexity index is 820.